The summed E-state index contributed by atoms with van der Waals surface area (Å²) in [6.07, 6.45) is 0. The summed E-state index contributed by atoms with van der Waals surface area (Å²) in [5.41, 5.74) is 7.18. The highest BCUT2D eigenvalue weighted by Crippen LogP contribution is 2.35. The van der Waals surface area contributed by atoms with Gasteiger partial charge in [0.1, 0.15) is 0 Å². The van der Waals surface area contributed by atoms with Gasteiger partial charge in [-0.05, 0) is 6.92 Å². The first-order valence-corrected chi connectivity index (χ1v) is 6.23. The lowest BCUT2D eigenvalue weighted by Crippen LogP contribution is -2.14. The lowest BCUT2D eigenvalue weighted by molar-refractivity contribution is 0.0994. The van der Waals surface area contributed by atoms with Gasteiger partial charge in [0, 0.05) is 19.1 Å². The smallest absolute Gasteiger partial charge is 0.293 e. The predicted octanol–water partition coefficient (Wildman–Crippen LogP) is 2.14. The van der Waals surface area contributed by atoms with Gasteiger partial charge < -0.3 is 24.9 Å². The highest BCUT2D eigenvalue weighted by atomic mass is 16.5. The van der Waals surface area contributed by atoms with Crippen LogP contribution in [0, 0.1) is 13.8 Å². The van der Waals surface area contributed by atoms with Crippen LogP contribution in [0.15, 0.2) is 16.5 Å². The first-order valence-electron chi connectivity index (χ1n) is 6.23. The lowest BCUT2D eigenvalue weighted by atomic mass is 10.2. The fraction of sp³-hybridized carbons (Fsp3) is 0.286. The molecular weight excluding hydrogens is 274 g/mol. The molecule has 0 spiro atoms. The number of aromatic nitrogens is 1. The second-order valence-electron chi connectivity index (χ2n) is 4.40. The summed E-state index contributed by atoms with van der Waals surface area (Å²) >= 11 is 0. The number of nitrogens with one attached hydrogen (secondary N) is 1. The molecule has 7 heteroatoms. The van der Waals surface area contributed by atoms with E-state index in [0.717, 1.165) is 0 Å². The standard InChI is InChI=1S/C14H17N3O4/c1-7-13(21-8(2)16-7)14(18)17-10-6-12(20-4)11(19-3)5-9(10)15/h5-6H,15H2,1-4H3,(H,17,18). The number of rotatable bonds is 4. The van der Waals surface area contributed by atoms with E-state index in [1.807, 2.05) is 0 Å². The molecule has 1 aromatic carbocycles. The zero-order chi connectivity index (χ0) is 15.6. The van der Waals surface area contributed by atoms with Gasteiger partial charge >= 0.3 is 0 Å². The normalized spacial score (nSPS) is 10.3. The maximum atomic E-state index is 12.2. The maximum Gasteiger partial charge on any atom is 0.293 e. The number of oxazole rings is 1. The van der Waals surface area contributed by atoms with Gasteiger partial charge in [-0.1, -0.05) is 0 Å². The molecule has 0 saturated carbocycles. The molecule has 0 radical (unpaired) electrons. The average molecular weight is 291 g/mol. The van der Waals surface area contributed by atoms with E-state index in [2.05, 4.69) is 10.3 Å². The Balaban J connectivity index is 2.31. The second-order valence-corrected chi connectivity index (χ2v) is 4.40. The minimum absolute atomic E-state index is 0.154. The van der Waals surface area contributed by atoms with Crippen molar-refractivity contribution >= 4 is 17.3 Å². The Kier molecular flexibility index (Phi) is 4.02. The Bertz CT molecular complexity index is 679. The van der Waals surface area contributed by atoms with Crippen LogP contribution in [0.4, 0.5) is 11.4 Å². The Labute approximate surface area is 122 Å². The first kappa shape index (κ1) is 14.7. The number of nitrogens with zero attached hydrogens (tertiary/aromatic N) is 1. The van der Waals surface area contributed by atoms with Gasteiger partial charge in [-0.2, -0.15) is 0 Å². The van der Waals surface area contributed by atoms with Crippen LogP contribution in [-0.2, 0) is 0 Å². The van der Waals surface area contributed by atoms with Crippen LogP contribution in [0.1, 0.15) is 22.1 Å². The molecule has 1 heterocycles. The fourth-order valence-corrected chi connectivity index (χ4v) is 1.92. The van der Waals surface area contributed by atoms with Crippen molar-refractivity contribution in [3.05, 3.63) is 29.5 Å². The van der Waals surface area contributed by atoms with Gasteiger partial charge in [-0.15, -0.1) is 0 Å². The SMILES string of the molecule is COc1cc(N)c(NC(=O)c2oc(C)nc2C)cc1OC. The number of methoxy groups -OCH3 is 2. The third-order valence-corrected chi connectivity index (χ3v) is 2.91. The summed E-state index contributed by atoms with van der Waals surface area (Å²) in [5.74, 6) is 1.11. The summed E-state index contributed by atoms with van der Waals surface area (Å²) in [6, 6.07) is 3.16. The molecule has 0 bridgehead atoms. The van der Waals surface area contributed by atoms with E-state index in [0.29, 0.717) is 34.5 Å². The third-order valence-electron chi connectivity index (χ3n) is 2.91. The minimum Gasteiger partial charge on any atom is -0.493 e. The number of nitrogen functional groups attached to an aromatic ring is 1. The van der Waals surface area contributed by atoms with E-state index < -0.39 is 5.91 Å². The van der Waals surface area contributed by atoms with Crippen LogP contribution in [0.3, 0.4) is 0 Å². The molecule has 0 aliphatic carbocycles. The van der Waals surface area contributed by atoms with Crippen LogP contribution < -0.4 is 20.5 Å². The largest absolute Gasteiger partial charge is 0.493 e. The van der Waals surface area contributed by atoms with Crippen molar-refractivity contribution in [1.29, 1.82) is 0 Å². The number of amides is 1. The predicted molar refractivity (Wildman–Crippen MR) is 77.9 cm³/mol. The Morgan fingerprint density at radius 1 is 1.24 bits per heavy atom. The molecule has 0 aliphatic heterocycles. The number of hydrogen-bond donors (Lipinski definition) is 2. The van der Waals surface area contributed by atoms with E-state index in [1.165, 1.54) is 14.2 Å². The monoisotopic (exact) mass is 291 g/mol. The highest BCUT2D eigenvalue weighted by molar-refractivity contribution is 6.04. The number of aryl methyl sites for hydroxylation is 2. The third kappa shape index (κ3) is 2.91. The first-order chi connectivity index (χ1) is 9.96. The van der Waals surface area contributed by atoms with Crippen molar-refractivity contribution in [2.75, 3.05) is 25.3 Å². The summed E-state index contributed by atoms with van der Waals surface area (Å²) in [5, 5.41) is 2.67. The van der Waals surface area contributed by atoms with Crippen LogP contribution in [0.2, 0.25) is 0 Å². The number of hydrogen-bond acceptors (Lipinski definition) is 6. The van der Waals surface area contributed by atoms with E-state index >= 15 is 0 Å². The quantitative estimate of drug-likeness (QED) is 0.837. The number of nitrogens with two attached hydrogens (primary N) is 1. The molecular formula is C14H17N3O4. The molecule has 112 valence electrons. The van der Waals surface area contributed by atoms with Gasteiger partial charge in [0.2, 0.25) is 5.76 Å². The van der Waals surface area contributed by atoms with Crippen LogP contribution in [0.5, 0.6) is 11.5 Å². The van der Waals surface area contributed by atoms with Gasteiger partial charge in [0.15, 0.2) is 17.4 Å². The summed E-state index contributed by atoms with van der Waals surface area (Å²) in [7, 11) is 3.01. The maximum absolute atomic E-state index is 12.2. The van der Waals surface area contributed by atoms with Crippen LogP contribution >= 0.6 is 0 Å². The molecule has 2 rings (SSSR count). The van der Waals surface area contributed by atoms with E-state index in [-0.39, 0.29) is 5.76 Å². The number of carbonyl (C=O) groups is 1. The number of ether oxygens (including phenoxy) is 2. The Hall–Kier alpha value is -2.70. The van der Waals surface area contributed by atoms with E-state index in [9.17, 15) is 4.79 Å². The van der Waals surface area contributed by atoms with Crippen LogP contribution in [0.25, 0.3) is 0 Å². The summed E-state index contributed by atoms with van der Waals surface area (Å²) in [6.45, 7) is 3.37. The summed E-state index contributed by atoms with van der Waals surface area (Å²) < 4.78 is 15.6. The lowest BCUT2D eigenvalue weighted by Gasteiger charge is -2.12. The van der Waals surface area contributed by atoms with Crippen molar-refractivity contribution in [3.8, 4) is 11.5 Å². The number of carbonyl (C=O) groups excluding carboxylic acids is 1. The summed E-state index contributed by atoms with van der Waals surface area (Å²) in [4.78, 5) is 16.2. The molecule has 2 aromatic rings. The molecule has 1 amide bonds. The van der Waals surface area contributed by atoms with Gasteiger partial charge in [-0.3, -0.25) is 4.79 Å². The van der Waals surface area contributed by atoms with Crippen molar-refractivity contribution in [3.63, 3.8) is 0 Å². The zero-order valence-corrected chi connectivity index (χ0v) is 12.3. The topological polar surface area (TPSA) is 99.6 Å². The zero-order valence-electron chi connectivity index (χ0n) is 12.3. The van der Waals surface area contributed by atoms with Crippen molar-refractivity contribution < 1.29 is 18.7 Å². The van der Waals surface area contributed by atoms with Crippen LogP contribution in [-0.4, -0.2) is 25.1 Å². The molecule has 1 aromatic heterocycles. The van der Waals surface area contributed by atoms with Gasteiger partial charge in [-0.25, -0.2) is 4.98 Å². The van der Waals surface area contributed by atoms with Crippen molar-refractivity contribution in [2.24, 2.45) is 0 Å². The highest BCUT2D eigenvalue weighted by Gasteiger charge is 2.18. The van der Waals surface area contributed by atoms with E-state index in [1.54, 1.807) is 26.0 Å². The van der Waals surface area contributed by atoms with Gasteiger partial charge in [0.05, 0.1) is 31.3 Å². The molecule has 0 atom stereocenters. The van der Waals surface area contributed by atoms with Crippen molar-refractivity contribution in [2.45, 2.75) is 13.8 Å². The Morgan fingerprint density at radius 2 is 1.86 bits per heavy atom. The Morgan fingerprint density at radius 3 is 2.38 bits per heavy atom. The number of anilines is 2. The average Bonchev–Trinajstić information content (AvgIpc) is 2.79. The van der Waals surface area contributed by atoms with Gasteiger partial charge in [0.25, 0.3) is 5.91 Å². The molecule has 0 aliphatic rings. The molecule has 7 nitrogen and oxygen atoms in total. The molecule has 0 unspecified atom stereocenters. The van der Waals surface area contributed by atoms with E-state index in [4.69, 9.17) is 19.6 Å². The minimum atomic E-state index is -0.424. The molecule has 0 fully saturated rings. The number of benzene rings is 1. The second kappa shape index (κ2) is 5.74. The molecule has 0 saturated heterocycles. The fourth-order valence-electron chi connectivity index (χ4n) is 1.92. The van der Waals surface area contributed by atoms with Crippen molar-refractivity contribution in [1.82, 2.24) is 4.98 Å². The molecule has 3 N–H and O–H groups in total. The molecule has 21 heavy (non-hydrogen) atoms.